The van der Waals surface area contributed by atoms with Gasteiger partial charge >= 0.3 is 5.97 Å². The molecule has 102 valence electrons. The maximum atomic E-state index is 11.3. The molecular formula is C15H18O4. The van der Waals surface area contributed by atoms with Gasteiger partial charge in [-0.3, -0.25) is 0 Å². The van der Waals surface area contributed by atoms with Crippen LogP contribution < -0.4 is 4.74 Å². The van der Waals surface area contributed by atoms with Crippen LogP contribution in [0.5, 0.6) is 11.5 Å². The number of hydrogen-bond acceptors (Lipinski definition) is 4. The van der Waals surface area contributed by atoms with Crippen molar-refractivity contribution in [3.8, 4) is 11.5 Å². The molecule has 0 saturated heterocycles. The standard InChI is InChI=1S/C15H18O4/c1-4-6-11-9-12(7-8-14(16)19-5-2)15(17)13(10-11)18-3/h4,7-10,17H,1,5-6H2,2-3H3/b8-7+. The van der Waals surface area contributed by atoms with E-state index in [2.05, 4.69) is 6.58 Å². The molecule has 19 heavy (non-hydrogen) atoms. The summed E-state index contributed by atoms with van der Waals surface area (Å²) in [5.41, 5.74) is 1.44. The fourth-order valence-corrected chi connectivity index (χ4v) is 1.60. The van der Waals surface area contributed by atoms with Gasteiger partial charge in [0, 0.05) is 11.6 Å². The Labute approximate surface area is 113 Å². The molecule has 0 atom stereocenters. The van der Waals surface area contributed by atoms with Gasteiger partial charge in [0.05, 0.1) is 13.7 Å². The summed E-state index contributed by atoms with van der Waals surface area (Å²) in [5, 5.41) is 9.97. The highest BCUT2D eigenvalue weighted by Gasteiger charge is 2.08. The van der Waals surface area contributed by atoms with E-state index >= 15 is 0 Å². The molecule has 1 aromatic rings. The summed E-state index contributed by atoms with van der Waals surface area (Å²) in [6.45, 7) is 5.71. The molecule has 0 aliphatic carbocycles. The van der Waals surface area contributed by atoms with Crippen molar-refractivity contribution in [2.75, 3.05) is 13.7 Å². The Balaban J connectivity index is 3.07. The van der Waals surface area contributed by atoms with Gasteiger partial charge < -0.3 is 14.6 Å². The number of carbonyl (C=O) groups is 1. The summed E-state index contributed by atoms with van der Waals surface area (Å²) in [7, 11) is 1.48. The summed E-state index contributed by atoms with van der Waals surface area (Å²) in [6.07, 6.45) is 5.18. The predicted octanol–water partition coefficient (Wildman–Crippen LogP) is 2.71. The Morgan fingerprint density at radius 1 is 1.47 bits per heavy atom. The summed E-state index contributed by atoms with van der Waals surface area (Å²) in [5.74, 6) is -0.0892. The quantitative estimate of drug-likeness (QED) is 0.486. The summed E-state index contributed by atoms with van der Waals surface area (Å²) in [4.78, 5) is 11.3. The second-order valence-corrected chi connectivity index (χ2v) is 3.81. The number of benzene rings is 1. The predicted molar refractivity (Wildman–Crippen MR) is 74.2 cm³/mol. The van der Waals surface area contributed by atoms with Gasteiger partial charge in [-0.1, -0.05) is 6.08 Å². The van der Waals surface area contributed by atoms with E-state index in [1.54, 1.807) is 25.1 Å². The Bertz CT molecular complexity index is 489. The first-order valence-corrected chi connectivity index (χ1v) is 5.98. The Kier molecular flexibility index (Phi) is 5.67. The number of esters is 1. The fraction of sp³-hybridized carbons (Fsp3) is 0.267. The minimum Gasteiger partial charge on any atom is -0.504 e. The average molecular weight is 262 g/mol. The summed E-state index contributed by atoms with van der Waals surface area (Å²) < 4.78 is 9.88. The van der Waals surface area contributed by atoms with Crippen molar-refractivity contribution in [2.24, 2.45) is 0 Å². The molecule has 0 aromatic heterocycles. The maximum absolute atomic E-state index is 11.3. The van der Waals surface area contributed by atoms with Crippen LogP contribution in [-0.2, 0) is 16.0 Å². The van der Waals surface area contributed by atoms with Crippen LogP contribution in [0.1, 0.15) is 18.1 Å². The molecule has 0 heterocycles. The third-order valence-corrected chi connectivity index (χ3v) is 2.45. The minimum atomic E-state index is -0.449. The van der Waals surface area contributed by atoms with Crippen LogP contribution in [0.15, 0.2) is 30.9 Å². The van der Waals surface area contributed by atoms with Crippen LogP contribution in [0.4, 0.5) is 0 Å². The van der Waals surface area contributed by atoms with E-state index in [4.69, 9.17) is 9.47 Å². The smallest absolute Gasteiger partial charge is 0.330 e. The van der Waals surface area contributed by atoms with Crippen LogP contribution in [0, 0.1) is 0 Å². The molecule has 4 nitrogen and oxygen atoms in total. The van der Waals surface area contributed by atoms with Crippen LogP contribution in [0.25, 0.3) is 6.08 Å². The number of aromatic hydroxyl groups is 1. The Hall–Kier alpha value is -2.23. The summed E-state index contributed by atoms with van der Waals surface area (Å²) >= 11 is 0. The molecule has 0 bridgehead atoms. The third-order valence-electron chi connectivity index (χ3n) is 2.45. The lowest BCUT2D eigenvalue weighted by atomic mass is 10.1. The third kappa shape index (κ3) is 4.17. The molecule has 1 N–H and O–H groups in total. The van der Waals surface area contributed by atoms with Gasteiger partial charge in [-0.25, -0.2) is 4.79 Å². The Morgan fingerprint density at radius 2 is 2.21 bits per heavy atom. The number of allylic oxidation sites excluding steroid dienone is 1. The largest absolute Gasteiger partial charge is 0.504 e. The monoisotopic (exact) mass is 262 g/mol. The Morgan fingerprint density at radius 3 is 2.79 bits per heavy atom. The molecule has 0 radical (unpaired) electrons. The molecular weight excluding hydrogens is 244 g/mol. The van der Waals surface area contributed by atoms with Crippen molar-refractivity contribution in [3.63, 3.8) is 0 Å². The van der Waals surface area contributed by atoms with Gasteiger partial charge in [-0.2, -0.15) is 0 Å². The molecule has 0 fully saturated rings. The zero-order valence-corrected chi connectivity index (χ0v) is 11.2. The van der Waals surface area contributed by atoms with Crippen molar-refractivity contribution in [1.82, 2.24) is 0 Å². The molecule has 1 aromatic carbocycles. The number of ether oxygens (including phenoxy) is 2. The van der Waals surface area contributed by atoms with Crippen LogP contribution in [-0.4, -0.2) is 24.8 Å². The highest BCUT2D eigenvalue weighted by molar-refractivity contribution is 5.87. The number of rotatable bonds is 6. The number of hydrogen-bond donors (Lipinski definition) is 1. The van der Waals surface area contributed by atoms with Crippen molar-refractivity contribution in [1.29, 1.82) is 0 Å². The van der Waals surface area contributed by atoms with E-state index in [9.17, 15) is 9.90 Å². The molecule has 4 heteroatoms. The zero-order chi connectivity index (χ0) is 14.3. The van der Waals surface area contributed by atoms with Gasteiger partial charge in [0.15, 0.2) is 11.5 Å². The normalized spacial score (nSPS) is 10.4. The van der Waals surface area contributed by atoms with E-state index in [0.717, 1.165) is 5.56 Å². The van der Waals surface area contributed by atoms with E-state index in [1.807, 2.05) is 0 Å². The zero-order valence-electron chi connectivity index (χ0n) is 11.2. The fourth-order valence-electron chi connectivity index (χ4n) is 1.60. The molecule has 0 amide bonds. The van der Waals surface area contributed by atoms with Gasteiger partial charge in [0.25, 0.3) is 0 Å². The lowest BCUT2D eigenvalue weighted by Crippen LogP contribution is -1.98. The first-order chi connectivity index (χ1) is 9.12. The highest BCUT2D eigenvalue weighted by atomic mass is 16.5. The number of phenolic OH excluding ortho intramolecular Hbond substituents is 1. The first kappa shape index (κ1) is 14.8. The van der Waals surface area contributed by atoms with E-state index in [0.29, 0.717) is 24.3 Å². The molecule has 0 saturated carbocycles. The van der Waals surface area contributed by atoms with Crippen molar-refractivity contribution in [2.45, 2.75) is 13.3 Å². The van der Waals surface area contributed by atoms with Crippen molar-refractivity contribution >= 4 is 12.0 Å². The second-order valence-electron chi connectivity index (χ2n) is 3.81. The molecule has 0 aliphatic heterocycles. The van der Waals surface area contributed by atoms with E-state index < -0.39 is 5.97 Å². The number of phenols is 1. The first-order valence-electron chi connectivity index (χ1n) is 5.98. The maximum Gasteiger partial charge on any atom is 0.330 e. The van der Waals surface area contributed by atoms with Crippen LogP contribution in [0.2, 0.25) is 0 Å². The molecule has 0 aliphatic rings. The van der Waals surface area contributed by atoms with Gasteiger partial charge in [0.1, 0.15) is 0 Å². The number of methoxy groups -OCH3 is 1. The van der Waals surface area contributed by atoms with Crippen molar-refractivity contribution in [3.05, 3.63) is 42.0 Å². The molecule has 0 unspecified atom stereocenters. The second kappa shape index (κ2) is 7.26. The minimum absolute atomic E-state index is 0.00383. The lowest BCUT2D eigenvalue weighted by molar-refractivity contribution is -0.137. The lowest BCUT2D eigenvalue weighted by Gasteiger charge is -2.09. The topological polar surface area (TPSA) is 55.8 Å². The van der Waals surface area contributed by atoms with Crippen LogP contribution >= 0.6 is 0 Å². The van der Waals surface area contributed by atoms with Gasteiger partial charge in [-0.05, 0) is 37.1 Å². The van der Waals surface area contributed by atoms with E-state index in [1.165, 1.54) is 19.3 Å². The SMILES string of the molecule is C=CCc1cc(/C=C/C(=O)OCC)c(O)c(OC)c1. The van der Waals surface area contributed by atoms with E-state index in [-0.39, 0.29) is 5.75 Å². The van der Waals surface area contributed by atoms with Crippen LogP contribution in [0.3, 0.4) is 0 Å². The summed E-state index contributed by atoms with van der Waals surface area (Å²) in [6, 6.07) is 3.51. The highest BCUT2D eigenvalue weighted by Crippen LogP contribution is 2.32. The van der Waals surface area contributed by atoms with Gasteiger partial charge in [-0.15, -0.1) is 6.58 Å². The van der Waals surface area contributed by atoms with Gasteiger partial charge in [0.2, 0.25) is 0 Å². The van der Waals surface area contributed by atoms with Crippen molar-refractivity contribution < 1.29 is 19.4 Å². The molecule has 1 rings (SSSR count). The average Bonchev–Trinajstić information content (AvgIpc) is 2.39. The molecule has 0 spiro atoms. The number of carbonyl (C=O) groups excluding carboxylic acids is 1.